The number of alkyl halides is 1. The van der Waals surface area contributed by atoms with Gasteiger partial charge in [0.15, 0.2) is 0 Å². The van der Waals surface area contributed by atoms with E-state index < -0.39 is 0 Å². The summed E-state index contributed by atoms with van der Waals surface area (Å²) in [6.07, 6.45) is 1.13. The minimum atomic E-state index is -0.236. The van der Waals surface area contributed by atoms with E-state index >= 15 is 0 Å². The highest BCUT2D eigenvalue weighted by molar-refractivity contribution is 6.22. The molecule has 2 heteroatoms. The van der Waals surface area contributed by atoms with Gasteiger partial charge in [0.05, 0.1) is 5.38 Å². The molecule has 0 N–H and O–H groups in total. The lowest BCUT2D eigenvalue weighted by atomic mass is 9.96. The quantitative estimate of drug-likeness (QED) is 0.631. The lowest BCUT2D eigenvalue weighted by Gasteiger charge is -2.13. The first-order valence-corrected chi connectivity index (χ1v) is 7.05. The summed E-state index contributed by atoms with van der Waals surface area (Å²) >= 11 is 6.43. The molecule has 0 saturated heterocycles. The summed E-state index contributed by atoms with van der Waals surface area (Å²) in [5.41, 5.74) is 3.29. The summed E-state index contributed by atoms with van der Waals surface area (Å²) in [6, 6.07) is 14.7. The van der Waals surface area contributed by atoms with Crippen LogP contribution < -0.4 is 0 Å². The van der Waals surface area contributed by atoms with Crippen LogP contribution in [0.5, 0.6) is 0 Å². The Morgan fingerprint density at radius 2 is 1.32 bits per heavy atom. The van der Waals surface area contributed by atoms with Gasteiger partial charge in [-0.15, -0.1) is 11.6 Å². The van der Waals surface area contributed by atoms with Gasteiger partial charge in [-0.1, -0.05) is 50.2 Å². The summed E-state index contributed by atoms with van der Waals surface area (Å²) in [4.78, 5) is 0. The molecule has 0 aromatic heterocycles. The molecule has 100 valence electrons. The van der Waals surface area contributed by atoms with Gasteiger partial charge in [0.2, 0.25) is 0 Å². The van der Waals surface area contributed by atoms with Crippen molar-refractivity contribution in [3.63, 3.8) is 0 Å². The molecule has 0 fully saturated rings. The molecule has 0 bridgehead atoms. The van der Waals surface area contributed by atoms with Crippen molar-refractivity contribution in [1.82, 2.24) is 0 Å². The van der Waals surface area contributed by atoms with Gasteiger partial charge in [-0.3, -0.25) is 0 Å². The predicted octanol–water partition coefficient (Wildman–Crippen LogP) is 5.67. The largest absolute Gasteiger partial charge is 0.207 e. The van der Waals surface area contributed by atoms with E-state index in [0.29, 0.717) is 5.92 Å². The molecular formula is C17H18ClF. The Morgan fingerprint density at radius 1 is 0.895 bits per heavy atom. The van der Waals surface area contributed by atoms with E-state index in [0.717, 1.165) is 17.5 Å². The Balaban J connectivity index is 2.19. The normalized spacial score (nSPS) is 14.1. The van der Waals surface area contributed by atoms with Gasteiger partial charge in [0.25, 0.3) is 0 Å². The van der Waals surface area contributed by atoms with Crippen LogP contribution in [0.1, 0.15) is 48.3 Å². The molecule has 0 nitrogen and oxygen atoms in total. The number of rotatable bonds is 4. The zero-order valence-corrected chi connectivity index (χ0v) is 12.0. The molecule has 0 spiro atoms. The highest BCUT2D eigenvalue weighted by Gasteiger charge is 2.11. The van der Waals surface area contributed by atoms with Crippen LogP contribution >= 0.6 is 11.6 Å². The molecule has 2 unspecified atom stereocenters. The average molecular weight is 277 g/mol. The van der Waals surface area contributed by atoms with Crippen LogP contribution in [-0.2, 0) is 0 Å². The molecule has 0 aliphatic carbocycles. The first-order valence-electron chi connectivity index (χ1n) is 6.61. The summed E-state index contributed by atoms with van der Waals surface area (Å²) in [5.74, 6) is 0.327. The molecule has 0 radical (unpaired) electrons. The fourth-order valence-corrected chi connectivity index (χ4v) is 2.34. The molecular weight excluding hydrogens is 259 g/mol. The zero-order chi connectivity index (χ0) is 13.8. The second-order valence-corrected chi connectivity index (χ2v) is 5.33. The molecule has 0 amide bonds. The lowest BCUT2D eigenvalue weighted by molar-refractivity contribution is 0.627. The van der Waals surface area contributed by atoms with Crippen molar-refractivity contribution >= 4 is 11.6 Å². The molecule has 0 heterocycles. The van der Waals surface area contributed by atoms with Crippen molar-refractivity contribution in [3.05, 3.63) is 71.0 Å². The summed E-state index contributed by atoms with van der Waals surface area (Å²) < 4.78 is 12.9. The van der Waals surface area contributed by atoms with E-state index in [1.807, 2.05) is 0 Å². The predicted molar refractivity (Wildman–Crippen MR) is 79.2 cm³/mol. The molecule has 2 aromatic carbocycles. The number of benzene rings is 2. The maximum absolute atomic E-state index is 12.9. The van der Waals surface area contributed by atoms with Gasteiger partial charge in [0, 0.05) is 0 Å². The molecule has 0 aliphatic rings. The third-order valence-electron chi connectivity index (χ3n) is 3.57. The fraction of sp³-hybridized carbons (Fsp3) is 0.294. The number of halogens is 2. The van der Waals surface area contributed by atoms with Crippen LogP contribution in [0.3, 0.4) is 0 Å². The van der Waals surface area contributed by atoms with E-state index in [1.54, 1.807) is 12.1 Å². The van der Waals surface area contributed by atoms with Crippen molar-refractivity contribution in [3.8, 4) is 0 Å². The van der Waals surface area contributed by atoms with Gasteiger partial charge >= 0.3 is 0 Å². The maximum atomic E-state index is 12.9. The monoisotopic (exact) mass is 276 g/mol. The van der Waals surface area contributed by atoms with E-state index in [4.69, 9.17) is 11.6 Å². The van der Waals surface area contributed by atoms with E-state index in [-0.39, 0.29) is 11.2 Å². The van der Waals surface area contributed by atoms with Crippen molar-refractivity contribution in [2.75, 3.05) is 0 Å². The van der Waals surface area contributed by atoms with Gasteiger partial charge in [-0.25, -0.2) is 4.39 Å². The SMILES string of the molecule is CCC(C)c1ccc(C(Cl)c2ccc(F)cc2)cc1. The first-order chi connectivity index (χ1) is 9.11. The van der Waals surface area contributed by atoms with Gasteiger partial charge in [-0.05, 0) is 41.2 Å². The topological polar surface area (TPSA) is 0 Å². The maximum Gasteiger partial charge on any atom is 0.123 e. The second kappa shape index (κ2) is 6.21. The highest BCUT2D eigenvalue weighted by atomic mass is 35.5. The lowest BCUT2D eigenvalue weighted by Crippen LogP contribution is -1.96. The van der Waals surface area contributed by atoms with Crippen LogP contribution in [0.15, 0.2) is 48.5 Å². The van der Waals surface area contributed by atoms with Crippen molar-refractivity contribution in [1.29, 1.82) is 0 Å². The molecule has 2 atom stereocenters. The van der Waals surface area contributed by atoms with Crippen LogP contribution in [0.25, 0.3) is 0 Å². The average Bonchev–Trinajstić information content (AvgIpc) is 2.46. The Kier molecular flexibility index (Phi) is 4.60. The van der Waals surface area contributed by atoms with Gasteiger partial charge in [0.1, 0.15) is 5.82 Å². The van der Waals surface area contributed by atoms with Crippen LogP contribution in [0, 0.1) is 5.82 Å². The molecule has 19 heavy (non-hydrogen) atoms. The van der Waals surface area contributed by atoms with Crippen LogP contribution in [-0.4, -0.2) is 0 Å². The Hall–Kier alpha value is -1.34. The Morgan fingerprint density at radius 3 is 1.79 bits per heavy atom. The van der Waals surface area contributed by atoms with Crippen LogP contribution in [0.4, 0.5) is 4.39 Å². The third kappa shape index (κ3) is 3.36. The minimum absolute atomic E-state index is 0.230. The molecule has 0 saturated carbocycles. The Bertz CT molecular complexity index is 516. The molecule has 2 aromatic rings. The zero-order valence-electron chi connectivity index (χ0n) is 11.2. The molecule has 2 rings (SSSR count). The summed E-state index contributed by atoms with van der Waals surface area (Å²) in [7, 11) is 0. The smallest absolute Gasteiger partial charge is 0.123 e. The second-order valence-electron chi connectivity index (χ2n) is 4.89. The summed E-state index contributed by atoms with van der Waals surface area (Å²) in [5, 5.41) is -0.230. The molecule has 0 aliphatic heterocycles. The number of hydrogen-bond donors (Lipinski definition) is 0. The minimum Gasteiger partial charge on any atom is -0.207 e. The van der Waals surface area contributed by atoms with E-state index in [1.165, 1.54) is 17.7 Å². The van der Waals surface area contributed by atoms with E-state index in [9.17, 15) is 4.39 Å². The van der Waals surface area contributed by atoms with Crippen LogP contribution in [0.2, 0.25) is 0 Å². The standard InChI is InChI=1S/C17H18ClF/c1-3-12(2)13-4-6-14(7-5-13)17(18)15-8-10-16(19)11-9-15/h4-12,17H,3H2,1-2H3. The number of hydrogen-bond acceptors (Lipinski definition) is 0. The Labute approximate surface area is 119 Å². The van der Waals surface area contributed by atoms with Crippen molar-refractivity contribution in [2.24, 2.45) is 0 Å². The fourth-order valence-electron chi connectivity index (χ4n) is 2.05. The van der Waals surface area contributed by atoms with Gasteiger partial charge in [-0.2, -0.15) is 0 Å². The first kappa shape index (κ1) is 14.1. The highest BCUT2D eigenvalue weighted by Crippen LogP contribution is 2.30. The van der Waals surface area contributed by atoms with Crippen molar-refractivity contribution < 1.29 is 4.39 Å². The third-order valence-corrected chi connectivity index (χ3v) is 4.08. The summed E-state index contributed by atoms with van der Waals surface area (Å²) in [6.45, 7) is 4.40. The van der Waals surface area contributed by atoms with Gasteiger partial charge < -0.3 is 0 Å². The van der Waals surface area contributed by atoms with Crippen molar-refractivity contribution in [2.45, 2.75) is 31.6 Å². The van der Waals surface area contributed by atoms with E-state index in [2.05, 4.69) is 38.1 Å².